The monoisotopic (exact) mass is 359 g/mol. The Morgan fingerprint density at radius 2 is 2.04 bits per heavy atom. The molecule has 0 radical (unpaired) electrons. The molecule has 0 aliphatic carbocycles. The van der Waals surface area contributed by atoms with Crippen LogP contribution in [0.25, 0.3) is 5.65 Å². The summed E-state index contributed by atoms with van der Waals surface area (Å²) >= 11 is 0. The summed E-state index contributed by atoms with van der Waals surface area (Å²) in [6, 6.07) is 3.92. The lowest BCUT2D eigenvalue weighted by atomic mass is 9.83. The number of fused-ring (bicyclic) bond motifs is 1. The van der Waals surface area contributed by atoms with Crippen LogP contribution in [0, 0.1) is 5.41 Å². The van der Waals surface area contributed by atoms with Crippen LogP contribution in [0.2, 0.25) is 0 Å². The molecule has 0 spiro atoms. The Bertz CT molecular complexity index is 798. The molecule has 1 aliphatic heterocycles. The Morgan fingerprint density at radius 3 is 2.65 bits per heavy atom. The number of aromatic nitrogens is 2. The standard InChI is InChI=1S/C20H29N3O3/c1-14(2)16-10-21-17-9-15(7-8-23(16)17)25-13-20(6)11-22(12-20)18(24)26-19(3,4)5/h7-10,14H,11-13H2,1-6H3. The van der Waals surface area contributed by atoms with Crippen LogP contribution in [-0.2, 0) is 4.74 Å². The fourth-order valence-corrected chi connectivity index (χ4v) is 3.18. The van der Waals surface area contributed by atoms with Crippen molar-refractivity contribution in [2.45, 2.75) is 53.1 Å². The van der Waals surface area contributed by atoms with Gasteiger partial charge in [0.15, 0.2) is 0 Å². The molecule has 1 fully saturated rings. The first-order valence-electron chi connectivity index (χ1n) is 9.14. The molecule has 0 saturated carbocycles. The summed E-state index contributed by atoms with van der Waals surface area (Å²) in [5.74, 6) is 1.22. The summed E-state index contributed by atoms with van der Waals surface area (Å²) < 4.78 is 13.5. The molecule has 2 aromatic rings. The van der Waals surface area contributed by atoms with Crippen molar-refractivity contribution in [3.8, 4) is 5.75 Å². The van der Waals surface area contributed by atoms with Gasteiger partial charge in [-0.25, -0.2) is 9.78 Å². The van der Waals surface area contributed by atoms with Crippen molar-refractivity contribution >= 4 is 11.7 Å². The number of imidazole rings is 1. The molecule has 0 aromatic carbocycles. The van der Waals surface area contributed by atoms with E-state index in [0.717, 1.165) is 11.4 Å². The van der Waals surface area contributed by atoms with Gasteiger partial charge in [-0.15, -0.1) is 0 Å². The van der Waals surface area contributed by atoms with Crippen LogP contribution in [0.15, 0.2) is 24.5 Å². The van der Waals surface area contributed by atoms with Gasteiger partial charge in [-0.3, -0.25) is 0 Å². The first-order valence-corrected chi connectivity index (χ1v) is 9.14. The first-order chi connectivity index (χ1) is 12.1. The second-order valence-electron chi connectivity index (χ2n) is 8.86. The number of hydrogen-bond acceptors (Lipinski definition) is 4. The second kappa shape index (κ2) is 6.49. The quantitative estimate of drug-likeness (QED) is 0.825. The highest BCUT2D eigenvalue weighted by Gasteiger charge is 2.43. The Balaban J connectivity index is 1.56. The number of nitrogens with zero attached hydrogens (tertiary/aromatic N) is 3. The Hall–Kier alpha value is -2.24. The van der Waals surface area contributed by atoms with E-state index in [9.17, 15) is 4.79 Å². The number of hydrogen-bond donors (Lipinski definition) is 0. The second-order valence-corrected chi connectivity index (χ2v) is 8.86. The van der Waals surface area contributed by atoms with E-state index in [-0.39, 0.29) is 11.5 Å². The lowest BCUT2D eigenvalue weighted by Gasteiger charge is -2.47. The molecule has 3 heterocycles. The van der Waals surface area contributed by atoms with Crippen LogP contribution in [0.1, 0.15) is 53.2 Å². The molecule has 1 aliphatic rings. The van der Waals surface area contributed by atoms with Crippen LogP contribution >= 0.6 is 0 Å². The fourth-order valence-electron chi connectivity index (χ4n) is 3.18. The van der Waals surface area contributed by atoms with Crippen molar-refractivity contribution in [1.29, 1.82) is 0 Å². The van der Waals surface area contributed by atoms with Crippen molar-refractivity contribution in [2.75, 3.05) is 19.7 Å². The maximum absolute atomic E-state index is 12.1. The molecule has 2 aromatic heterocycles. The van der Waals surface area contributed by atoms with Crippen molar-refractivity contribution in [3.05, 3.63) is 30.2 Å². The largest absolute Gasteiger partial charge is 0.493 e. The van der Waals surface area contributed by atoms with Crippen LogP contribution in [0.4, 0.5) is 4.79 Å². The minimum absolute atomic E-state index is 0.0540. The minimum atomic E-state index is -0.464. The van der Waals surface area contributed by atoms with Crippen LogP contribution in [0.3, 0.4) is 0 Å². The van der Waals surface area contributed by atoms with Crippen LogP contribution in [-0.4, -0.2) is 45.7 Å². The normalized spacial score (nSPS) is 16.7. The first kappa shape index (κ1) is 18.5. The van der Waals surface area contributed by atoms with Gasteiger partial charge in [0.2, 0.25) is 0 Å². The average Bonchev–Trinajstić information content (AvgIpc) is 2.91. The van der Waals surface area contributed by atoms with Gasteiger partial charge in [-0.1, -0.05) is 20.8 Å². The zero-order valence-corrected chi connectivity index (χ0v) is 16.6. The summed E-state index contributed by atoms with van der Waals surface area (Å²) in [6.07, 6.45) is 3.66. The molecule has 26 heavy (non-hydrogen) atoms. The molecule has 0 atom stereocenters. The van der Waals surface area contributed by atoms with Gasteiger partial charge in [0.25, 0.3) is 0 Å². The van der Waals surface area contributed by atoms with E-state index in [0.29, 0.717) is 25.6 Å². The summed E-state index contributed by atoms with van der Waals surface area (Å²) in [6.45, 7) is 13.9. The topological polar surface area (TPSA) is 56.1 Å². The van der Waals surface area contributed by atoms with Crippen molar-refractivity contribution < 1.29 is 14.3 Å². The third-order valence-corrected chi connectivity index (χ3v) is 4.49. The smallest absolute Gasteiger partial charge is 0.410 e. The average molecular weight is 359 g/mol. The SMILES string of the molecule is CC(C)c1cnc2cc(OCC3(C)CN(C(=O)OC(C)(C)C)C3)ccn12. The lowest BCUT2D eigenvalue weighted by molar-refractivity contribution is -0.0428. The van der Waals surface area contributed by atoms with Gasteiger partial charge in [0.05, 0.1) is 6.61 Å². The lowest BCUT2D eigenvalue weighted by Crippen LogP contribution is -2.60. The van der Waals surface area contributed by atoms with E-state index < -0.39 is 5.60 Å². The number of amides is 1. The fraction of sp³-hybridized carbons (Fsp3) is 0.600. The van der Waals surface area contributed by atoms with Gasteiger partial charge in [0.1, 0.15) is 17.0 Å². The van der Waals surface area contributed by atoms with Crippen LogP contribution < -0.4 is 4.74 Å². The predicted molar refractivity (Wildman–Crippen MR) is 101 cm³/mol. The van der Waals surface area contributed by atoms with Gasteiger partial charge in [0, 0.05) is 42.7 Å². The van der Waals surface area contributed by atoms with E-state index >= 15 is 0 Å². The molecule has 0 bridgehead atoms. The zero-order chi connectivity index (χ0) is 19.1. The number of ether oxygens (including phenoxy) is 2. The van der Waals surface area contributed by atoms with Crippen molar-refractivity contribution in [3.63, 3.8) is 0 Å². The van der Waals surface area contributed by atoms with E-state index in [1.54, 1.807) is 4.90 Å². The van der Waals surface area contributed by atoms with E-state index in [4.69, 9.17) is 9.47 Å². The molecule has 3 rings (SSSR count). The van der Waals surface area contributed by atoms with Gasteiger partial charge in [-0.05, 0) is 32.8 Å². The van der Waals surface area contributed by atoms with Gasteiger partial charge in [-0.2, -0.15) is 0 Å². The molecule has 0 N–H and O–H groups in total. The van der Waals surface area contributed by atoms with Gasteiger partial charge < -0.3 is 18.8 Å². The van der Waals surface area contributed by atoms with Gasteiger partial charge >= 0.3 is 6.09 Å². The Labute approximate surface area is 155 Å². The molecule has 142 valence electrons. The van der Waals surface area contributed by atoms with E-state index in [2.05, 4.69) is 30.2 Å². The molecule has 1 saturated heterocycles. The van der Waals surface area contributed by atoms with E-state index in [1.807, 2.05) is 45.3 Å². The minimum Gasteiger partial charge on any atom is -0.493 e. The Morgan fingerprint density at radius 1 is 1.35 bits per heavy atom. The number of likely N-dealkylation sites (tertiary alicyclic amines) is 1. The third kappa shape index (κ3) is 3.94. The molecular weight excluding hydrogens is 330 g/mol. The summed E-state index contributed by atoms with van der Waals surface area (Å²) in [4.78, 5) is 18.2. The highest BCUT2D eigenvalue weighted by Crippen LogP contribution is 2.32. The highest BCUT2D eigenvalue weighted by atomic mass is 16.6. The maximum atomic E-state index is 12.1. The molecule has 1 amide bonds. The summed E-state index contributed by atoms with van der Waals surface area (Å²) in [7, 11) is 0. The molecular formula is C20H29N3O3. The summed E-state index contributed by atoms with van der Waals surface area (Å²) in [5.41, 5.74) is 1.56. The number of pyridine rings is 1. The number of carbonyl (C=O) groups is 1. The molecule has 0 unspecified atom stereocenters. The number of carbonyl (C=O) groups excluding carboxylic acids is 1. The summed E-state index contributed by atoms with van der Waals surface area (Å²) in [5, 5.41) is 0. The third-order valence-electron chi connectivity index (χ3n) is 4.49. The zero-order valence-electron chi connectivity index (χ0n) is 16.6. The Kier molecular flexibility index (Phi) is 4.63. The van der Waals surface area contributed by atoms with Crippen molar-refractivity contribution in [2.24, 2.45) is 5.41 Å². The maximum Gasteiger partial charge on any atom is 0.410 e. The number of rotatable bonds is 4. The predicted octanol–water partition coefficient (Wildman–Crippen LogP) is 4.09. The highest BCUT2D eigenvalue weighted by molar-refractivity contribution is 5.69. The van der Waals surface area contributed by atoms with Crippen molar-refractivity contribution in [1.82, 2.24) is 14.3 Å². The van der Waals surface area contributed by atoms with E-state index in [1.165, 1.54) is 5.69 Å². The molecule has 6 nitrogen and oxygen atoms in total. The van der Waals surface area contributed by atoms with Crippen LogP contribution in [0.5, 0.6) is 5.75 Å². The molecule has 6 heteroatoms.